The number of hydrogen-bond acceptors (Lipinski definition) is 2. The number of benzene rings is 1. The molecule has 15 heavy (non-hydrogen) atoms. The third-order valence-electron chi connectivity index (χ3n) is 2.05. The third-order valence-corrected chi connectivity index (χ3v) is 2.05. The van der Waals surface area contributed by atoms with Crippen LogP contribution < -0.4 is 0 Å². The molecule has 0 aromatic heterocycles. The number of methoxy groups -OCH3 is 1. The Morgan fingerprint density at radius 1 is 1.33 bits per heavy atom. The van der Waals surface area contributed by atoms with Gasteiger partial charge in [-0.3, -0.25) is 0 Å². The standard InChI is InChI=1S/C13H16O2/c1-4-13(14-3)11(2)15-10-12-8-6-5-7-9-12/h4-9H,1,10H2,2-3H3/b13-11-. The van der Waals surface area contributed by atoms with Crippen molar-refractivity contribution in [1.82, 2.24) is 0 Å². The monoisotopic (exact) mass is 204 g/mol. The van der Waals surface area contributed by atoms with Crippen LogP contribution in [0.2, 0.25) is 0 Å². The zero-order valence-electron chi connectivity index (χ0n) is 9.19. The molecule has 0 heterocycles. The molecule has 1 aromatic rings. The molecule has 2 heteroatoms. The highest BCUT2D eigenvalue weighted by molar-refractivity contribution is 5.15. The average molecular weight is 204 g/mol. The van der Waals surface area contributed by atoms with Gasteiger partial charge in [-0.25, -0.2) is 0 Å². The van der Waals surface area contributed by atoms with Gasteiger partial charge in [0.15, 0.2) is 5.76 Å². The van der Waals surface area contributed by atoms with Crippen molar-refractivity contribution in [2.75, 3.05) is 7.11 Å². The van der Waals surface area contributed by atoms with Gasteiger partial charge in [-0.15, -0.1) is 0 Å². The molecule has 80 valence electrons. The van der Waals surface area contributed by atoms with Crippen LogP contribution in [0.4, 0.5) is 0 Å². The second kappa shape index (κ2) is 5.91. The molecule has 0 bridgehead atoms. The predicted molar refractivity (Wildman–Crippen MR) is 61.1 cm³/mol. The lowest BCUT2D eigenvalue weighted by Gasteiger charge is -2.09. The summed E-state index contributed by atoms with van der Waals surface area (Å²) in [5, 5.41) is 0. The summed E-state index contributed by atoms with van der Waals surface area (Å²) in [6.07, 6.45) is 1.64. The van der Waals surface area contributed by atoms with E-state index in [1.54, 1.807) is 13.2 Å². The summed E-state index contributed by atoms with van der Waals surface area (Å²) in [6.45, 7) is 6.06. The number of hydrogen-bond donors (Lipinski definition) is 0. The zero-order chi connectivity index (χ0) is 11.1. The van der Waals surface area contributed by atoms with Gasteiger partial charge in [0.1, 0.15) is 12.4 Å². The van der Waals surface area contributed by atoms with Gasteiger partial charge in [-0.2, -0.15) is 0 Å². The van der Waals surface area contributed by atoms with E-state index in [-0.39, 0.29) is 0 Å². The van der Waals surface area contributed by atoms with E-state index in [0.29, 0.717) is 12.4 Å². The molecule has 0 amide bonds. The molecule has 0 atom stereocenters. The highest BCUT2D eigenvalue weighted by atomic mass is 16.5. The van der Waals surface area contributed by atoms with Crippen molar-refractivity contribution < 1.29 is 9.47 Å². The van der Waals surface area contributed by atoms with Gasteiger partial charge in [0.2, 0.25) is 0 Å². The summed E-state index contributed by atoms with van der Waals surface area (Å²) in [7, 11) is 1.60. The van der Waals surface area contributed by atoms with E-state index in [0.717, 1.165) is 11.3 Å². The van der Waals surface area contributed by atoms with Gasteiger partial charge in [-0.1, -0.05) is 36.9 Å². The van der Waals surface area contributed by atoms with Crippen LogP contribution in [0.1, 0.15) is 12.5 Å². The van der Waals surface area contributed by atoms with E-state index in [2.05, 4.69) is 6.58 Å². The van der Waals surface area contributed by atoms with Gasteiger partial charge in [0.05, 0.1) is 7.11 Å². The molecule has 2 nitrogen and oxygen atoms in total. The minimum atomic E-state index is 0.549. The highest BCUT2D eigenvalue weighted by Gasteiger charge is 1.99. The highest BCUT2D eigenvalue weighted by Crippen LogP contribution is 2.10. The molecule has 1 aromatic carbocycles. The molecular weight excluding hydrogens is 188 g/mol. The van der Waals surface area contributed by atoms with E-state index < -0.39 is 0 Å². The molecule has 0 radical (unpaired) electrons. The quantitative estimate of drug-likeness (QED) is 0.541. The maximum Gasteiger partial charge on any atom is 0.155 e. The first kappa shape index (κ1) is 11.4. The van der Waals surface area contributed by atoms with Crippen LogP contribution in [-0.4, -0.2) is 7.11 Å². The summed E-state index contributed by atoms with van der Waals surface area (Å²) in [4.78, 5) is 0. The van der Waals surface area contributed by atoms with Crippen LogP contribution in [-0.2, 0) is 16.1 Å². The lowest BCUT2D eigenvalue weighted by molar-refractivity contribution is 0.173. The van der Waals surface area contributed by atoms with Crippen molar-refractivity contribution in [2.24, 2.45) is 0 Å². The normalized spacial score (nSPS) is 11.6. The van der Waals surface area contributed by atoms with Crippen LogP contribution in [0.25, 0.3) is 0 Å². The largest absolute Gasteiger partial charge is 0.493 e. The summed E-state index contributed by atoms with van der Waals surface area (Å²) in [5.74, 6) is 1.42. The molecule has 0 aliphatic heterocycles. The minimum Gasteiger partial charge on any atom is -0.493 e. The maximum absolute atomic E-state index is 5.56. The average Bonchev–Trinajstić information content (AvgIpc) is 2.29. The Morgan fingerprint density at radius 2 is 2.00 bits per heavy atom. The molecule has 0 spiro atoms. The Labute approximate surface area is 90.8 Å². The maximum atomic E-state index is 5.56. The van der Waals surface area contributed by atoms with Crippen LogP contribution in [0.15, 0.2) is 54.5 Å². The SMILES string of the molecule is C=C/C(OC)=C(\C)OCc1ccccc1. The van der Waals surface area contributed by atoms with Crippen LogP contribution in [0, 0.1) is 0 Å². The fraction of sp³-hybridized carbons (Fsp3) is 0.231. The molecule has 0 aliphatic rings. The zero-order valence-corrected chi connectivity index (χ0v) is 9.19. The van der Waals surface area contributed by atoms with Gasteiger partial charge in [-0.05, 0) is 18.6 Å². The van der Waals surface area contributed by atoms with Crippen molar-refractivity contribution in [3.63, 3.8) is 0 Å². The molecule has 0 saturated carbocycles. The molecule has 0 N–H and O–H groups in total. The van der Waals surface area contributed by atoms with Crippen molar-refractivity contribution in [2.45, 2.75) is 13.5 Å². The Kier molecular flexibility index (Phi) is 4.48. The smallest absolute Gasteiger partial charge is 0.155 e. The first-order valence-electron chi connectivity index (χ1n) is 4.82. The Bertz CT molecular complexity index is 339. The van der Waals surface area contributed by atoms with Gasteiger partial charge in [0, 0.05) is 0 Å². The molecule has 0 aliphatic carbocycles. The summed E-state index contributed by atoms with van der Waals surface area (Å²) in [6, 6.07) is 10.0. The minimum absolute atomic E-state index is 0.549. The van der Waals surface area contributed by atoms with Crippen molar-refractivity contribution in [3.05, 3.63) is 60.1 Å². The Morgan fingerprint density at radius 3 is 2.53 bits per heavy atom. The summed E-state index contributed by atoms with van der Waals surface area (Å²) >= 11 is 0. The van der Waals surface area contributed by atoms with Crippen LogP contribution in [0.5, 0.6) is 0 Å². The molecular formula is C13H16O2. The fourth-order valence-corrected chi connectivity index (χ4v) is 1.21. The first-order chi connectivity index (χ1) is 7.27. The first-order valence-corrected chi connectivity index (χ1v) is 4.82. The van der Waals surface area contributed by atoms with Gasteiger partial charge < -0.3 is 9.47 Å². The lowest BCUT2D eigenvalue weighted by atomic mass is 10.2. The van der Waals surface area contributed by atoms with E-state index in [1.165, 1.54) is 0 Å². The van der Waals surface area contributed by atoms with Gasteiger partial charge in [0.25, 0.3) is 0 Å². The van der Waals surface area contributed by atoms with Crippen LogP contribution >= 0.6 is 0 Å². The van der Waals surface area contributed by atoms with Crippen molar-refractivity contribution in [1.29, 1.82) is 0 Å². The summed E-state index contributed by atoms with van der Waals surface area (Å²) < 4.78 is 10.6. The molecule has 0 unspecified atom stereocenters. The number of allylic oxidation sites excluding steroid dienone is 2. The number of ether oxygens (including phenoxy) is 2. The summed E-state index contributed by atoms with van der Waals surface area (Å²) in [5.41, 5.74) is 1.14. The van der Waals surface area contributed by atoms with Crippen molar-refractivity contribution in [3.8, 4) is 0 Å². The fourth-order valence-electron chi connectivity index (χ4n) is 1.21. The number of rotatable bonds is 5. The predicted octanol–water partition coefficient (Wildman–Crippen LogP) is 3.27. The van der Waals surface area contributed by atoms with Crippen LogP contribution in [0.3, 0.4) is 0 Å². The molecule has 0 fully saturated rings. The van der Waals surface area contributed by atoms with Gasteiger partial charge >= 0.3 is 0 Å². The lowest BCUT2D eigenvalue weighted by Crippen LogP contribution is -1.95. The molecule has 1 rings (SSSR count). The Balaban J connectivity index is 2.57. The van der Waals surface area contributed by atoms with E-state index in [1.807, 2.05) is 37.3 Å². The second-order valence-corrected chi connectivity index (χ2v) is 3.10. The topological polar surface area (TPSA) is 18.5 Å². The second-order valence-electron chi connectivity index (χ2n) is 3.10. The van der Waals surface area contributed by atoms with E-state index in [9.17, 15) is 0 Å². The molecule has 0 saturated heterocycles. The van der Waals surface area contributed by atoms with Crippen molar-refractivity contribution >= 4 is 0 Å². The van der Waals surface area contributed by atoms with E-state index in [4.69, 9.17) is 9.47 Å². The Hall–Kier alpha value is -1.70. The van der Waals surface area contributed by atoms with E-state index >= 15 is 0 Å². The third kappa shape index (κ3) is 3.50.